The largest absolute Gasteiger partial charge is 0.295 e. The van der Waals surface area contributed by atoms with E-state index >= 15 is 0 Å². The molecular formula is C16H22O. The summed E-state index contributed by atoms with van der Waals surface area (Å²) < 4.78 is 0. The van der Waals surface area contributed by atoms with Gasteiger partial charge in [-0.1, -0.05) is 46.8 Å². The van der Waals surface area contributed by atoms with E-state index in [-0.39, 0.29) is 16.6 Å². The average molecular weight is 230 g/mol. The molecule has 0 spiro atoms. The van der Waals surface area contributed by atoms with Gasteiger partial charge in [0.15, 0.2) is 5.78 Å². The van der Waals surface area contributed by atoms with Crippen LogP contribution in [0.4, 0.5) is 0 Å². The number of ketones is 1. The van der Waals surface area contributed by atoms with Crippen LogP contribution in [0.5, 0.6) is 0 Å². The fourth-order valence-corrected chi connectivity index (χ4v) is 3.23. The van der Waals surface area contributed by atoms with Crippen molar-refractivity contribution < 1.29 is 4.79 Å². The van der Waals surface area contributed by atoms with E-state index in [9.17, 15) is 4.79 Å². The zero-order valence-corrected chi connectivity index (χ0v) is 11.7. The maximum Gasteiger partial charge on any atom is 0.159 e. The monoisotopic (exact) mass is 230 g/mol. The van der Waals surface area contributed by atoms with E-state index in [2.05, 4.69) is 46.8 Å². The van der Waals surface area contributed by atoms with E-state index < -0.39 is 0 Å². The molecule has 0 amide bonds. The minimum atomic E-state index is 0.143. The van der Waals surface area contributed by atoms with Crippen LogP contribution in [0, 0.1) is 5.92 Å². The van der Waals surface area contributed by atoms with Gasteiger partial charge in [0.1, 0.15) is 0 Å². The maximum absolute atomic E-state index is 11.5. The Morgan fingerprint density at radius 3 is 2.12 bits per heavy atom. The first-order valence-electron chi connectivity index (χ1n) is 6.35. The molecule has 1 aromatic carbocycles. The van der Waals surface area contributed by atoms with E-state index in [1.807, 2.05) is 6.07 Å². The number of carbonyl (C=O) groups excluding carboxylic acids is 1. The summed E-state index contributed by atoms with van der Waals surface area (Å²) in [4.78, 5) is 11.5. The van der Waals surface area contributed by atoms with Crippen molar-refractivity contribution in [2.24, 2.45) is 5.92 Å². The van der Waals surface area contributed by atoms with Crippen LogP contribution in [-0.4, -0.2) is 5.78 Å². The van der Waals surface area contributed by atoms with E-state index in [4.69, 9.17) is 0 Å². The third-order valence-electron chi connectivity index (χ3n) is 4.98. The van der Waals surface area contributed by atoms with Gasteiger partial charge in [-0.2, -0.15) is 0 Å². The third kappa shape index (κ3) is 1.55. The van der Waals surface area contributed by atoms with Gasteiger partial charge in [-0.25, -0.2) is 0 Å². The first kappa shape index (κ1) is 12.3. The topological polar surface area (TPSA) is 17.1 Å². The van der Waals surface area contributed by atoms with Crippen LogP contribution in [0.2, 0.25) is 0 Å². The molecule has 0 N–H and O–H groups in total. The molecule has 1 aliphatic carbocycles. The van der Waals surface area contributed by atoms with Crippen molar-refractivity contribution >= 4 is 5.78 Å². The van der Waals surface area contributed by atoms with Crippen LogP contribution in [0.3, 0.4) is 0 Å². The molecule has 0 radical (unpaired) electrons. The second-order valence-corrected chi connectivity index (χ2v) is 6.48. The lowest BCUT2D eigenvalue weighted by molar-refractivity contribution is 0.101. The normalized spacial score (nSPS) is 24.5. The van der Waals surface area contributed by atoms with Crippen LogP contribution in [0.25, 0.3) is 0 Å². The predicted molar refractivity (Wildman–Crippen MR) is 71.7 cm³/mol. The third-order valence-corrected chi connectivity index (χ3v) is 4.98. The Bertz CT molecular complexity index is 480. The molecule has 0 heterocycles. The Labute approximate surface area is 104 Å². The Hall–Kier alpha value is -1.11. The highest BCUT2D eigenvalue weighted by Gasteiger charge is 2.48. The zero-order chi connectivity index (χ0) is 13.0. The molecule has 1 aliphatic rings. The molecule has 2 rings (SSSR count). The second kappa shape index (κ2) is 3.44. The SMILES string of the molecule is CC(=O)c1ccc2c(c1)C(C)(C)C(C)C2(C)C. The molecule has 0 saturated carbocycles. The zero-order valence-electron chi connectivity index (χ0n) is 11.7. The summed E-state index contributed by atoms with van der Waals surface area (Å²) in [6.07, 6.45) is 0. The average Bonchev–Trinajstić information content (AvgIpc) is 2.38. The van der Waals surface area contributed by atoms with Gasteiger partial charge >= 0.3 is 0 Å². The minimum absolute atomic E-state index is 0.143. The van der Waals surface area contributed by atoms with Crippen LogP contribution in [0.15, 0.2) is 18.2 Å². The number of carbonyl (C=O) groups is 1. The van der Waals surface area contributed by atoms with Gasteiger partial charge in [-0.3, -0.25) is 4.79 Å². The lowest BCUT2D eigenvalue weighted by atomic mass is 9.71. The maximum atomic E-state index is 11.5. The Morgan fingerprint density at radius 1 is 1.06 bits per heavy atom. The molecule has 92 valence electrons. The summed E-state index contributed by atoms with van der Waals surface area (Å²) in [5, 5.41) is 0. The highest BCUT2D eigenvalue weighted by molar-refractivity contribution is 5.94. The first-order chi connectivity index (χ1) is 7.69. The molecule has 1 aromatic rings. The molecule has 0 fully saturated rings. The summed E-state index contributed by atoms with van der Waals surface area (Å²) in [6.45, 7) is 13.1. The van der Waals surface area contributed by atoms with Crippen molar-refractivity contribution in [3.8, 4) is 0 Å². The van der Waals surface area contributed by atoms with Crippen LogP contribution in [-0.2, 0) is 10.8 Å². The minimum Gasteiger partial charge on any atom is -0.295 e. The standard InChI is InChI=1S/C16H22O/c1-10(17)12-7-8-13-14(9-12)16(5,6)11(2)15(13,3)4/h7-9,11H,1-6H3. The molecule has 0 aliphatic heterocycles. The van der Waals surface area contributed by atoms with Crippen molar-refractivity contribution in [2.45, 2.75) is 52.4 Å². The lowest BCUT2D eigenvalue weighted by Gasteiger charge is -2.32. The van der Waals surface area contributed by atoms with E-state index in [0.717, 1.165) is 5.56 Å². The van der Waals surface area contributed by atoms with Crippen LogP contribution in [0.1, 0.15) is 63.0 Å². The number of Topliss-reactive ketones (excluding diaryl/α,β-unsaturated/α-hetero) is 1. The fourth-order valence-electron chi connectivity index (χ4n) is 3.23. The van der Waals surface area contributed by atoms with Gasteiger partial charge in [-0.05, 0) is 40.9 Å². The van der Waals surface area contributed by atoms with Crippen molar-refractivity contribution in [1.29, 1.82) is 0 Å². The highest BCUT2D eigenvalue weighted by Crippen LogP contribution is 2.53. The van der Waals surface area contributed by atoms with Gasteiger partial charge in [-0.15, -0.1) is 0 Å². The summed E-state index contributed by atoms with van der Waals surface area (Å²) >= 11 is 0. The van der Waals surface area contributed by atoms with Crippen molar-refractivity contribution in [1.82, 2.24) is 0 Å². The molecule has 1 atom stereocenters. The summed E-state index contributed by atoms with van der Waals surface area (Å²) in [6, 6.07) is 6.22. The molecule has 0 saturated heterocycles. The second-order valence-electron chi connectivity index (χ2n) is 6.48. The first-order valence-corrected chi connectivity index (χ1v) is 6.35. The summed E-state index contributed by atoms with van der Waals surface area (Å²) in [5.41, 5.74) is 3.92. The number of benzene rings is 1. The molecule has 1 unspecified atom stereocenters. The summed E-state index contributed by atoms with van der Waals surface area (Å²) in [7, 11) is 0. The molecule has 0 aromatic heterocycles. The van der Waals surface area contributed by atoms with Gasteiger partial charge in [0, 0.05) is 5.56 Å². The smallest absolute Gasteiger partial charge is 0.159 e. The Balaban J connectivity index is 2.68. The van der Waals surface area contributed by atoms with Crippen LogP contribution >= 0.6 is 0 Å². The Kier molecular flexibility index (Phi) is 2.50. The van der Waals surface area contributed by atoms with Gasteiger partial charge in [0.05, 0.1) is 0 Å². The van der Waals surface area contributed by atoms with Gasteiger partial charge < -0.3 is 0 Å². The predicted octanol–water partition coefficient (Wildman–Crippen LogP) is 4.09. The molecule has 1 heteroatoms. The molecule has 1 nitrogen and oxygen atoms in total. The van der Waals surface area contributed by atoms with Crippen molar-refractivity contribution in [2.75, 3.05) is 0 Å². The van der Waals surface area contributed by atoms with E-state index in [1.54, 1.807) is 6.92 Å². The Morgan fingerprint density at radius 2 is 1.59 bits per heavy atom. The van der Waals surface area contributed by atoms with Crippen molar-refractivity contribution in [3.05, 3.63) is 34.9 Å². The van der Waals surface area contributed by atoms with E-state index in [1.165, 1.54) is 11.1 Å². The lowest BCUT2D eigenvalue weighted by Crippen LogP contribution is -2.30. The fraction of sp³-hybridized carbons (Fsp3) is 0.562. The van der Waals surface area contributed by atoms with E-state index in [0.29, 0.717) is 5.92 Å². The summed E-state index contributed by atoms with van der Waals surface area (Å²) in [5.74, 6) is 0.730. The van der Waals surface area contributed by atoms with Crippen molar-refractivity contribution in [3.63, 3.8) is 0 Å². The number of rotatable bonds is 1. The molecular weight excluding hydrogens is 208 g/mol. The highest BCUT2D eigenvalue weighted by atomic mass is 16.1. The molecule has 17 heavy (non-hydrogen) atoms. The van der Waals surface area contributed by atoms with Crippen LogP contribution < -0.4 is 0 Å². The van der Waals surface area contributed by atoms with Gasteiger partial charge in [0.25, 0.3) is 0 Å². The number of fused-ring (bicyclic) bond motifs is 1. The number of hydrogen-bond donors (Lipinski definition) is 0. The van der Waals surface area contributed by atoms with Gasteiger partial charge in [0.2, 0.25) is 0 Å². The number of hydrogen-bond acceptors (Lipinski definition) is 1. The quantitative estimate of drug-likeness (QED) is 0.664. The molecule has 0 bridgehead atoms.